The minimum Gasteiger partial charge on any atom is -0.356 e. The van der Waals surface area contributed by atoms with Crippen molar-refractivity contribution in [1.29, 1.82) is 0 Å². The summed E-state index contributed by atoms with van der Waals surface area (Å²) in [5, 5.41) is 10.1. The lowest BCUT2D eigenvalue weighted by Crippen LogP contribution is -2.35. The molecule has 0 radical (unpaired) electrons. The molecule has 1 aliphatic heterocycles. The van der Waals surface area contributed by atoms with E-state index in [1.54, 1.807) is 6.20 Å². The molecule has 142 valence electrons. The van der Waals surface area contributed by atoms with Gasteiger partial charge in [0.15, 0.2) is 5.82 Å². The molecule has 0 spiro atoms. The fourth-order valence-electron chi connectivity index (χ4n) is 4.04. The van der Waals surface area contributed by atoms with E-state index in [-0.39, 0.29) is 0 Å². The van der Waals surface area contributed by atoms with Crippen molar-refractivity contribution in [2.45, 2.75) is 25.3 Å². The van der Waals surface area contributed by atoms with Crippen molar-refractivity contribution in [3.05, 3.63) is 66.8 Å². The van der Waals surface area contributed by atoms with Crippen molar-refractivity contribution < 1.29 is 0 Å². The van der Waals surface area contributed by atoms with Gasteiger partial charge < -0.3 is 14.0 Å². The Morgan fingerprint density at radius 3 is 2.93 bits per heavy atom. The molecule has 1 atom stereocenters. The minimum atomic E-state index is 0.357. The Bertz CT molecular complexity index is 1080. The summed E-state index contributed by atoms with van der Waals surface area (Å²) in [6, 6.07) is 12.6. The van der Waals surface area contributed by atoms with Gasteiger partial charge in [-0.15, -0.1) is 10.2 Å². The predicted octanol–water partition coefficient (Wildman–Crippen LogP) is 2.99. The van der Waals surface area contributed by atoms with Crippen LogP contribution in [0.5, 0.6) is 0 Å². The summed E-state index contributed by atoms with van der Waals surface area (Å²) >= 11 is 0. The van der Waals surface area contributed by atoms with Gasteiger partial charge in [0.2, 0.25) is 0 Å². The van der Waals surface area contributed by atoms with Gasteiger partial charge in [0, 0.05) is 43.8 Å². The molecule has 0 amide bonds. The van der Waals surface area contributed by atoms with Crippen molar-refractivity contribution in [2.24, 2.45) is 7.05 Å². The predicted molar refractivity (Wildman–Crippen MR) is 108 cm³/mol. The largest absolute Gasteiger partial charge is 0.356 e. The van der Waals surface area contributed by atoms with Crippen LogP contribution in [0.4, 0.5) is 5.82 Å². The van der Waals surface area contributed by atoms with Crippen LogP contribution in [0.3, 0.4) is 0 Å². The lowest BCUT2D eigenvalue weighted by Gasteiger charge is -2.33. The van der Waals surface area contributed by atoms with E-state index in [0.717, 1.165) is 48.9 Å². The van der Waals surface area contributed by atoms with Crippen LogP contribution in [-0.2, 0) is 13.6 Å². The van der Waals surface area contributed by atoms with Gasteiger partial charge in [0.25, 0.3) is 0 Å². The molecule has 1 aliphatic rings. The molecule has 0 saturated carbocycles. The van der Waals surface area contributed by atoms with Crippen molar-refractivity contribution in [3.63, 3.8) is 0 Å². The molecule has 0 aliphatic carbocycles. The molecule has 7 nitrogen and oxygen atoms in total. The number of benzene rings is 1. The number of piperidine rings is 1. The fraction of sp³-hybridized carbons (Fsp3) is 0.333. The highest BCUT2D eigenvalue weighted by Gasteiger charge is 2.26. The molecule has 7 heteroatoms. The molecule has 5 rings (SSSR count). The number of hydrogen-bond donors (Lipinski definition) is 0. The van der Waals surface area contributed by atoms with Crippen LogP contribution in [0, 0.1) is 0 Å². The minimum absolute atomic E-state index is 0.357. The number of pyridine rings is 1. The lowest BCUT2D eigenvalue weighted by atomic mass is 9.97. The number of hydrogen-bond acceptors (Lipinski definition) is 5. The maximum absolute atomic E-state index is 4.88. The standard InChI is InChI=1S/C21H23N7/c1-26-20(14-27-12-10-22-15-27)24-25-21(26)17-6-4-11-28(13-17)19-9-8-16-5-2-3-7-18(16)23-19/h2-3,5,7-10,12,15,17H,4,6,11,13-14H2,1H3/t17-/m1/s1. The van der Waals surface area contributed by atoms with Crippen LogP contribution in [0.25, 0.3) is 10.9 Å². The number of imidazole rings is 1. The molecule has 28 heavy (non-hydrogen) atoms. The maximum Gasteiger partial charge on any atom is 0.152 e. The second-order valence-electron chi connectivity index (χ2n) is 7.42. The number of nitrogens with zero attached hydrogens (tertiary/aromatic N) is 7. The van der Waals surface area contributed by atoms with Gasteiger partial charge in [0.1, 0.15) is 11.6 Å². The van der Waals surface area contributed by atoms with Gasteiger partial charge in [-0.1, -0.05) is 18.2 Å². The first-order valence-electron chi connectivity index (χ1n) is 9.72. The smallest absolute Gasteiger partial charge is 0.152 e. The van der Waals surface area contributed by atoms with E-state index < -0.39 is 0 Å². The van der Waals surface area contributed by atoms with E-state index in [0.29, 0.717) is 12.5 Å². The zero-order chi connectivity index (χ0) is 18.9. The van der Waals surface area contributed by atoms with Crippen molar-refractivity contribution >= 4 is 16.7 Å². The number of rotatable bonds is 4. The number of aromatic nitrogens is 6. The van der Waals surface area contributed by atoms with E-state index in [2.05, 4.69) is 62.0 Å². The van der Waals surface area contributed by atoms with Crippen LogP contribution < -0.4 is 4.90 Å². The molecule has 0 unspecified atom stereocenters. The average Bonchev–Trinajstić information content (AvgIpc) is 3.38. The third-order valence-electron chi connectivity index (χ3n) is 5.58. The van der Waals surface area contributed by atoms with Crippen LogP contribution >= 0.6 is 0 Å². The molecule has 0 N–H and O–H groups in total. The molecule has 4 aromatic rings. The highest BCUT2D eigenvalue weighted by atomic mass is 15.3. The molecule has 3 aromatic heterocycles. The number of anilines is 1. The van der Waals surface area contributed by atoms with Crippen LogP contribution in [0.2, 0.25) is 0 Å². The zero-order valence-corrected chi connectivity index (χ0v) is 15.9. The van der Waals surface area contributed by atoms with E-state index in [1.165, 1.54) is 5.39 Å². The van der Waals surface area contributed by atoms with Gasteiger partial charge in [-0.2, -0.15) is 0 Å². The Balaban J connectivity index is 1.37. The van der Waals surface area contributed by atoms with Gasteiger partial charge in [0.05, 0.1) is 18.4 Å². The van der Waals surface area contributed by atoms with E-state index in [1.807, 2.05) is 23.2 Å². The number of fused-ring (bicyclic) bond motifs is 1. The Morgan fingerprint density at radius 2 is 2.04 bits per heavy atom. The summed E-state index contributed by atoms with van der Waals surface area (Å²) in [6.45, 7) is 2.64. The van der Waals surface area contributed by atoms with Gasteiger partial charge in [-0.25, -0.2) is 9.97 Å². The molecule has 1 fully saturated rings. The zero-order valence-electron chi connectivity index (χ0n) is 15.9. The first kappa shape index (κ1) is 16.9. The first-order valence-corrected chi connectivity index (χ1v) is 9.72. The summed E-state index contributed by atoms with van der Waals surface area (Å²) in [5.74, 6) is 3.41. The molecule has 1 saturated heterocycles. The molecular weight excluding hydrogens is 350 g/mol. The van der Waals surface area contributed by atoms with Crippen LogP contribution in [0.15, 0.2) is 55.1 Å². The number of para-hydroxylation sites is 1. The van der Waals surface area contributed by atoms with Crippen molar-refractivity contribution in [1.82, 2.24) is 29.3 Å². The van der Waals surface area contributed by atoms with E-state index in [9.17, 15) is 0 Å². The maximum atomic E-state index is 4.88. The summed E-state index contributed by atoms with van der Waals surface area (Å²) in [6.07, 6.45) is 7.79. The molecule has 0 bridgehead atoms. The molecule has 1 aromatic carbocycles. The van der Waals surface area contributed by atoms with E-state index >= 15 is 0 Å². The summed E-state index contributed by atoms with van der Waals surface area (Å²) in [5.41, 5.74) is 1.04. The average molecular weight is 373 g/mol. The third kappa shape index (κ3) is 3.13. The van der Waals surface area contributed by atoms with Crippen molar-refractivity contribution in [3.8, 4) is 0 Å². The second-order valence-corrected chi connectivity index (χ2v) is 7.42. The summed E-state index contributed by atoms with van der Waals surface area (Å²) < 4.78 is 4.15. The lowest BCUT2D eigenvalue weighted by molar-refractivity contribution is 0.476. The Labute approximate surface area is 163 Å². The monoisotopic (exact) mass is 373 g/mol. The van der Waals surface area contributed by atoms with E-state index in [4.69, 9.17) is 4.98 Å². The fourth-order valence-corrected chi connectivity index (χ4v) is 4.04. The molecule has 4 heterocycles. The highest BCUT2D eigenvalue weighted by molar-refractivity contribution is 5.80. The second kappa shape index (κ2) is 7.07. The van der Waals surface area contributed by atoms with Crippen LogP contribution in [0.1, 0.15) is 30.4 Å². The Morgan fingerprint density at radius 1 is 1.11 bits per heavy atom. The normalized spacial score (nSPS) is 17.3. The van der Waals surface area contributed by atoms with Gasteiger partial charge >= 0.3 is 0 Å². The quantitative estimate of drug-likeness (QED) is 0.550. The highest BCUT2D eigenvalue weighted by Crippen LogP contribution is 2.29. The Hall–Kier alpha value is -3.22. The topological polar surface area (TPSA) is 64.7 Å². The van der Waals surface area contributed by atoms with Crippen molar-refractivity contribution in [2.75, 3.05) is 18.0 Å². The summed E-state index contributed by atoms with van der Waals surface area (Å²) in [7, 11) is 2.06. The Kier molecular flexibility index (Phi) is 4.27. The summed E-state index contributed by atoms with van der Waals surface area (Å²) in [4.78, 5) is 11.4. The SMILES string of the molecule is Cn1c(Cn2ccnc2)nnc1[C@@H]1CCCN(c2ccc3ccccc3n2)C1. The third-order valence-corrected chi connectivity index (χ3v) is 5.58. The molecular formula is C21H23N7. The van der Waals surface area contributed by atoms with Crippen LogP contribution in [-0.4, -0.2) is 42.4 Å². The van der Waals surface area contributed by atoms with Gasteiger partial charge in [-0.3, -0.25) is 0 Å². The van der Waals surface area contributed by atoms with Gasteiger partial charge in [-0.05, 0) is 31.0 Å². The first-order chi connectivity index (χ1) is 13.8.